The fraction of sp³-hybridized carbons (Fsp3) is 0.391. The van der Waals surface area contributed by atoms with Gasteiger partial charge in [0.2, 0.25) is 0 Å². The molecule has 9 heteroatoms. The summed E-state index contributed by atoms with van der Waals surface area (Å²) in [5, 5.41) is 4.81. The minimum Gasteiger partial charge on any atom is -0.492 e. The highest BCUT2D eigenvalue weighted by molar-refractivity contribution is 7.20. The van der Waals surface area contributed by atoms with Crippen molar-refractivity contribution in [1.29, 1.82) is 0 Å². The van der Waals surface area contributed by atoms with Crippen LogP contribution in [-0.2, 0) is 0 Å². The van der Waals surface area contributed by atoms with Gasteiger partial charge in [-0.15, -0.1) is 0 Å². The molecule has 0 spiro atoms. The molecule has 0 saturated carbocycles. The van der Waals surface area contributed by atoms with E-state index in [2.05, 4.69) is 10.3 Å². The number of primary amides is 1. The maximum Gasteiger partial charge on any atom is 0.315 e. The minimum absolute atomic E-state index is 0.278. The van der Waals surface area contributed by atoms with Crippen LogP contribution >= 0.6 is 22.9 Å². The molecular formula is C23H25ClN4O3S. The number of hydrogen-bond acceptors (Lipinski definition) is 6. The highest BCUT2D eigenvalue weighted by atomic mass is 35.5. The van der Waals surface area contributed by atoms with Crippen LogP contribution in [0.5, 0.6) is 16.7 Å². The summed E-state index contributed by atoms with van der Waals surface area (Å²) < 4.78 is 12.8. The van der Waals surface area contributed by atoms with Gasteiger partial charge < -0.3 is 25.4 Å². The molecule has 32 heavy (non-hydrogen) atoms. The quantitative estimate of drug-likeness (QED) is 0.483. The molecule has 168 valence electrons. The molecular weight excluding hydrogens is 448 g/mol. The Kier molecular flexibility index (Phi) is 6.08. The number of ether oxygens (including phenoxy) is 2. The molecule has 1 aromatic heterocycles. The maximum atomic E-state index is 11.6. The molecule has 3 N–H and O–H groups in total. The van der Waals surface area contributed by atoms with Crippen molar-refractivity contribution in [2.45, 2.75) is 43.8 Å². The zero-order chi connectivity index (χ0) is 22.1. The molecule has 2 saturated heterocycles. The van der Waals surface area contributed by atoms with E-state index in [4.69, 9.17) is 26.8 Å². The summed E-state index contributed by atoms with van der Waals surface area (Å²) in [4.78, 5) is 18.0. The lowest BCUT2D eigenvalue weighted by Gasteiger charge is -2.38. The Balaban J connectivity index is 1.07. The zero-order valence-electron chi connectivity index (χ0n) is 17.5. The first-order valence-corrected chi connectivity index (χ1v) is 12.0. The van der Waals surface area contributed by atoms with Gasteiger partial charge in [0.15, 0.2) is 0 Å². The summed E-state index contributed by atoms with van der Waals surface area (Å²) in [6, 6.07) is 13.9. The number of carbonyl (C=O) groups excluding carboxylic acids is 1. The summed E-state index contributed by atoms with van der Waals surface area (Å²) >= 11 is 7.50. The predicted molar refractivity (Wildman–Crippen MR) is 126 cm³/mol. The van der Waals surface area contributed by atoms with Crippen LogP contribution in [0.3, 0.4) is 0 Å². The van der Waals surface area contributed by atoms with Gasteiger partial charge in [-0.2, -0.15) is 0 Å². The van der Waals surface area contributed by atoms with Crippen LogP contribution in [0.2, 0.25) is 5.02 Å². The molecule has 2 aliphatic heterocycles. The van der Waals surface area contributed by atoms with Gasteiger partial charge in [-0.25, -0.2) is 9.78 Å². The van der Waals surface area contributed by atoms with Gasteiger partial charge in [0.25, 0.3) is 5.19 Å². The average Bonchev–Trinajstić information content (AvgIpc) is 3.29. The highest BCUT2D eigenvalue weighted by Gasteiger charge is 2.42. The van der Waals surface area contributed by atoms with E-state index in [9.17, 15) is 4.79 Å². The number of thiazole rings is 1. The molecule has 2 amide bonds. The van der Waals surface area contributed by atoms with E-state index in [1.54, 1.807) is 0 Å². The van der Waals surface area contributed by atoms with Crippen molar-refractivity contribution in [3.8, 4) is 16.7 Å². The third-order valence-corrected chi connectivity index (χ3v) is 7.30. The Bertz CT molecular complexity index is 1090. The molecule has 3 heterocycles. The lowest BCUT2D eigenvalue weighted by molar-refractivity contribution is 0.136. The second-order valence-corrected chi connectivity index (χ2v) is 9.70. The summed E-state index contributed by atoms with van der Waals surface area (Å²) in [6.45, 7) is 1.33. The second-order valence-electron chi connectivity index (χ2n) is 8.27. The normalized spacial score (nSPS) is 22.3. The lowest BCUT2D eigenvalue weighted by atomic mass is 9.98. The van der Waals surface area contributed by atoms with Gasteiger partial charge in [-0.05, 0) is 68.1 Å². The number of halogens is 1. The van der Waals surface area contributed by atoms with Crippen LogP contribution < -0.4 is 20.5 Å². The molecule has 2 atom stereocenters. The summed E-state index contributed by atoms with van der Waals surface area (Å²) in [5.41, 5.74) is 6.36. The number of benzene rings is 2. The minimum atomic E-state index is -0.278. The van der Waals surface area contributed by atoms with E-state index < -0.39 is 0 Å². The van der Waals surface area contributed by atoms with E-state index in [0.29, 0.717) is 28.6 Å². The number of urea groups is 1. The fourth-order valence-corrected chi connectivity index (χ4v) is 5.74. The average molecular weight is 473 g/mol. The highest BCUT2D eigenvalue weighted by Crippen LogP contribution is 2.35. The van der Waals surface area contributed by atoms with Crippen LogP contribution in [0.25, 0.3) is 10.2 Å². The number of fused-ring (bicyclic) bond motifs is 3. The molecule has 2 bridgehead atoms. The third-order valence-electron chi connectivity index (χ3n) is 6.15. The zero-order valence-corrected chi connectivity index (χ0v) is 19.1. The van der Waals surface area contributed by atoms with Crippen molar-refractivity contribution in [3.05, 3.63) is 47.5 Å². The smallest absolute Gasteiger partial charge is 0.315 e. The number of hydrogen-bond donors (Lipinski definition) is 2. The molecule has 2 aromatic carbocycles. The van der Waals surface area contributed by atoms with Crippen molar-refractivity contribution in [3.63, 3.8) is 0 Å². The fourth-order valence-electron chi connectivity index (χ4n) is 4.76. The Morgan fingerprint density at radius 3 is 2.59 bits per heavy atom. The number of nitrogens with zero attached hydrogens (tertiary/aromatic N) is 2. The Morgan fingerprint density at radius 1 is 1.16 bits per heavy atom. The van der Waals surface area contributed by atoms with Crippen molar-refractivity contribution in [1.82, 2.24) is 15.2 Å². The Hall–Kier alpha value is -2.55. The van der Waals surface area contributed by atoms with Gasteiger partial charge in [-0.3, -0.25) is 0 Å². The van der Waals surface area contributed by atoms with Crippen LogP contribution in [0.1, 0.15) is 25.7 Å². The first-order valence-electron chi connectivity index (χ1n) is 10.8. The number of nitrogens with two attached hydrogens (primary N) is 1. The van der Waals surface area contributed by atoms with Crippen molar-refractivity contribution in [2.75, 3.05) is 13.2 Å². The van der Waals surface area contributed by atoms with E-state index >= 15 is 0 Å². The Morgan fingerprint density at radius 2 is 1.88 bits per heavy atom. The van der Waals surface area contributed by atoms with Crippen LogP contribution in [0.4, 0.5) is 4.79 Å². The summed E-state index contributed by atoms with van der Waals surface area (Å²) in [6.07, 6.45) is 4.04. The van der Waals surface area contributed by atoms with Gasteiger partial charge >= 0.3 is 6.03 Å². The SMILES string of the molecule is NC(=O)N1C2CCC1CC(NCCOc1ccc(Oc3nc4cc(Cl)ccc4s3)cc1)C2. The number of piperidine rings is 1. The van der Waals surface area contributed by atoms with E-state index in [1.807, 2.05) is 47.4 Å². The van der Waals surface area contributed by atoms with Crippen molar-refractivity contribution < 1.29 is 14.3 Å². The van der Waals surface area contributed by atoms with E-state index in [-0.39, 0.29) is 18.1 Å². The number of aromatic nitrogens is 1. The molecule has 7 nitrogen and oxygen atoms in total. The standard InChI is InChI=1S/C23H25ClN4O3S/c24-14-1-8-21-20(11-14)27-23(32-21)31-19-6-4-18(5-7-19)30-10-9-26-15-12-16-2-3-17(13-15)28(16)22(25)29/h1,4-8,11,15-17,26H,2-3,9-10,12-13H2,(H2,25,29). The molecule has 3 aromatic rings. The summed E-state index contributed by atoms with van der Waals surface area (Å²) in [7, 11) is 0. The molecule has 2 unspecified atom stereocenters. The van der Waals surface area contributed by atoms with Crippen molar-refractivity contribution in [2.24, 2.45) is 5.73 Å². The maximum absolute atomic E-state index is 11.6. The number of carbonyl (C=O) groups is 1. The van der Waals surface area contributed by atoms with Crippen LogP contribution in [0.15, 0.2) is 42.5 Å². The Labute approximate surface area is 195 Å². The lowest BCUT2D eigenvalue weighted by Crippen LogP contribution is -2.53. The largest absolute Gasteiger partial charge is 0.492 e. The molecule has 2 fully saturated rings. The first-order chi connectivity index (χ1) is 15.5. The molecule has 5 rings (SSSR count). The topological polar surface area (TPSA) is 89.7 Å². The number of nitrogens with one attached hydrogen (secondary N) is 1. The number of amides is 2. The molecule has 2 aliphatic rings. The van der Waals surface area contributed by atoms with E-state index in [0.717, 1.165) is 48.2 Å². The van der Waals surface area contributed by atoms with Gasteiger partial charge in [0, 0.05) is 29.7 Å². The van der Waals surface area contributed by atoms with Crippen LogP contribution in [0, 0.1) is 0 Å². The molecule has 0 aliphatic carbocycles. The monoisotopic (exact) mass is 472 g/mol. The number of rotatable bonds is 7. The molecule has 0 radical (unpaired) electrons. The van der Waals surface area contributed by atoms with E-state index in [1.165, 1.54) is 11.3 Å². The van der Waals surface area contributed by atoms with Gasteiger partial charge in [0.05, 0.1) is 10.2 Å². The summed E-state index contributed by atoms with van der Waals surface area (Å²) in [5.74, 6) is 1.50. The second kappa shape index (κ2) is 9.13. The van der Waals surface area contributed by atoms with Gasteiger partial charge in [-0.1, -0.05) is 22.9 Å². The first kappa shape index (κ1) is 21.3. The third kappa shape index (κ3) is 4.62. The van der Waals surface area contributed by atoms with Gasteiger partial charge in [0.1, 0.15) is 18.1 Å². The van der Waals surface area contributed by atoms with Crippen LogP contribution in [-0.4, -0.2) is 47.2 Å². The van der Waals surface area contributed by atoms with Crippen molar-refractivity contribution >= 4 is 39.2 Å². The predicted octanol–water partition coefficient (Wildman–Crippen LogP) is 4.78.